The number of ether oxygens (including phenoxy) is 2. The zero-order valence-corrected chi connectivity index (χ0v) is 18.1. The number of carbonyl (C=O) groups is 1. The van der Waals surface area contributed by atoms with Crippen molar-refractivity contribution >= 4 is 34.8 Å². The smallest absolute Gasteiger partial charge is 0.265 e. The summed E-state index contributed by atoms with van der Waals surface area (Å²) < 4.78 is 11.5. The van der Waals surface area contributed by atoms with Crippen molar-refractivity contribution in [1.82, 2.24) is 0 Å². The van der Waals surface area contributed by atoms with E-state index < -0.39 is 6.10 Å². The number of benzene rings is 2. The van der Waals surface area contributed by atoms with Crippen molar-refractivity contribution in [3.05, 3.63) is 52.5 Å². The van der Waals surface area contributed by atoms with Crippen LogP contribution in [-0.2, 0) is 4.79 Å². The van der Waals surface area contributed by atoms with Crippen LogP contribution in [0.15, 0.2) is 42.5 Å². The fourth-order valence-corrected chi connectivity index (χ4v) is 3.97. The van der Waals surface area contributed by atoms with Gasteiger partial charge in [-0.2, -0.15) is 0 Å². The molecule has 2 aromatic rings. The van der Waals surface area contributed by atoms with Gasteiger partial charge in [-0.05, 0) is 61.7 Å². The van der Waals surface area contributed by atoms with Gasteiger partial charge in [0.1, 0.15) is 11.5 Å². The summed E-state index contributed by atoms with van der Waals surface area (Å²) >= 11 is 12.0. The topological polar surface area (TPSA) is 47.6 Å². The lowest BCUT2D eigenvalue weighted by Crippen LogP contribution is -2.30. The van der Waals surface area contributed by atoms with Crippen molar-refractivity contribution in [2.75, 3.05) is 11.9 Å². The molecular formula is C23H27Cl2NO3. The number of carbonyl (C=O) groups excluding carboxylic acids is 1. The molecule has 6 heteroatoms. The standard InChI is InChI=1S/C23H27Cl2NO3/c1-16(29-22-12-7-18(24)15-21(22)25)23(27)26-19-8-10-20(11-9-19)28-14-13-17-5-3-2-4-6-17/h7-12,15-17H,2-6,13-14H2,1H3,(H,26,27). The highest BCUT2D eigenvalue weighted by Crippen LogP contribution is 2.29. The lowest BCUT2D eigenvalue weighted by molar-refractivity contribution is -0.122. The van der Waals surface area contributed by atoms with E-state index in [1.807, 2.05) is 24.3 Å². The molecule has 0 spiro atoms. The van der Waals surface area contributed by atoms with E-state index in [9.17, 15) is 4.79 Å². The van der Waals surface area contributed by atoms with Gasteiger partial charge >= 0.3 is 0 Å². The van der Waals surface area contributed by atoms with Gasteiger partial charge in [0.25, 0.3) is 5.91 Å². The number of hydrogen-bond acceptors (Lipinski definition) is 3. The predicted octanol–water partition coefficient (Wildman–Crippen LogP) is 6.75. The van der Waals surface area contributed by atoms with E-state index in [4.69, 9.17) is 32.7 Å². The number of hydrogen-bond donors (Lipinski definition) is 1. The Bertz CT molecular complexity index is 804. The van der Waals surface area contributed by atoms with Gasteiger partial charge in [-0.25, -0.2) is 0 Å². The van der Waals surface area contributed by atoms with Crippen LogP contribution in [0, 0.1) is 5.92 Å². The minimum absolute atomic E-state index is 0.262. The van der Waals surface area contributed by atoms with Crippen molar-refractivity contribution in [3.63, 3.8) is 0 Å². The molecule has 1 unspecified atom stereocenters. The van der Waals surface area contributed by atoms with Crippen LogP contribution < -0.4 is 14.8 Å². The largest absolute Gasteiger partial charge is 0.494 e. The van der Waals surface area contributed by atoms with Gasteiger partial charge in [0.15, 0.2) is 6.10 Å². The first kappa shape index (κ1) is 21.8. The molecule has 0 aromatic heterocycles. The maximum atomic E-state index is 12.4. The third-order valence-corrected chi connectivity index (χ3v) is 5.74. The average Bonchev–Trinajstić information content (AvgIpc) is 2.72. The Balaban J connectivity index is 1.45. The number of rotatable bonds is 8. The van der Waals surface area contributed by atoms with Crippen LogP contribution in [0.1, 0.15) is 45.4 Å². The number of nitrogens with one attached hydrogen (secondary N) is 1. The normalized spacial score (nSPS) is 15.6. The number of halogens is 2. The van der Waals surface area contributed by atoms with Crippen molar-refractivity contribution in [3.8, 4) is 11.5 Å². The van der Waals surface area contributed by atoms with E-state index in [1.54, 1.807) is 25.1 Å². The Hall–Kier alpha value is -1.91. The molecule has 156 valence electrons. The average molecular weight is 436 g/mol. The van der Waals surface area contributed by atoms with Crippen LogP contribution >= 0.6 is 23.2 Å². The summed E-state index contributed by atoms with van der Waals surface area (Å²) in [5.41, 5.74) is 0.687. The number of anilines is 1. The highest BCUT2D eigenvalue weighted by Gasteiger charge is 2.17. The van der Waals surface area contributed by atoms with Crippen LogP contribution in [0.3, 0.4) is 0 Å². The summed E-state index contributed by atoms with van der Waals surface area (Å²) in [4.78, 5) is 12.4. The van der Waals surface area contributed by atoms with Gasteiger partial charge in [0, 0.05) is 10.7 Å². The van der Waals surface area contributed by atoms with E-state index >= 15 is 0 Å². The van der Waals surface area contributed by atoms with Crippen molar-refractivity contribution in [1.29, 1.82) is 0 Å². The van der Waals surface area contributed by atoms with Crippen molar-refractivity contribution in [2.24, 2.45) is 5.92 Å². The molecule has 1 aliphatic carbocycles. The van der Waals surface area contributed by atoms with E-state index in [-0.39, 0.29) is 5.91 Å². The molecule has 4 nitrogen and oxygen atoms in total. The Labute approximate surface area is 182 Å². The van der Waals surface area contributed by atoms with Gasteiger partial charge in [0.2, 0.25) is 0 Å². The van der Waals surface area contributed by atoms with Gasteiger partial charge in [-0.1, -0.05) is 55.3 Å². The van der Waals surface area contributed by atoms with E-state index in [1.165, 1.54) is 32.1 Å². The van der Waals surface area contributed by atoms with Crippen LogP contribution in [0.2, 0.25) is 10.0 Å². The Kier molecular flexibility index (Phi) is 8.08. The van der Waals surface area contributed by atoms with Crippen LogP contribution in [0.25, 0.3) is 0 Å². The second kappa shape index (κ2) is 10.7. The molecule has 1 amide bonds. The molecule has 1 atom stereocenters. The zero-order valence-electron chi connectivity index (χ0n) is 16.6. The molecular weight excluding hydrogens is 409 g/mol. The highest BCUT2D eigenvalue weighted by molar-refractivity contribution is 6.35. The van der Waals surface area contributed by atoms with Crippen molar-refractivity contribution < 1.29 is 14.3 Å². The SMILES string of the molecule is CC(Oc1ccc(Cl)cc1Cl)C(=O)Nc1ccc(OCCC2CCCCC2)cc1. The lowest BCUT2D eigenvalue weighted by Gasteiger charge is -2.21. The molecule has 0 bridgehead atoms. The molecule has 0 saturated heterocycles. The first-order chi connectivity index (χ1) is 14.0. The Morgan fingerprint density at radius 3 is 2.52 bits per heavy atom. The molecule has 3 rings (SSSR count). The van der Waals surface area contributed by atoms with Gasteiger partial charge in [-0.3, -0.25) is 4.79 Å². The summed E-state index contributed by atoms with van der Waals surface area (Å²) in [6, 6.07) is 12.3. The fraction of sp³-hybridized carbons (Fsp3) is 0.435. The van der Waals surface area contributed by atoms with E-state index in [2.05, 4.69) is 5.32 Å². The maximum Gasteiger partial charge on any atom is 0.265 e. The molecule has 0 heterocycles. The molecule has 0 aliphatic heterocycles. The third kappa shape index (κ3) is 6.83. The second-order valence-corrected chi connectivity index (χ2v) is 8.33. The van der Waals surface area contributed by atoms with Gasteiger partial charge in [-0.15, -0.1) is 0 Å². The van der Waals surface area contributed by atoms with E-state index in [0.717, 1.165) is 24.7 Å². The monoisotopic (exact) mass is 435 g/mol. The lowest BCUT2D eigenvalue weighted by atomic mass is 9.87. The minimum atomic E-state index is -0.708. The van der Waals surface area contributed by atoms with Gasteiger partial charge < -0.3 is 14.8 Å². The summed E-state index contributed by atoms with van der Waals surface area (Å²) in [6.07, 6.45) is 7.14. The van der Waals surface area contributed by atoms with Crippen LogP contribution in [0.4, 0.5) is 5.69 Å². The maximum absolute atomic E-state index is 12.4. The minimum Gasteiger partial charge on any atom is -0.494 e. The molecule has 2 aromatic carbocycles. The zero-order chi connectivity index (χ0) is 20.6. The first-order valence-corrected chi connectivity index (χ1v) is 10.9. The Morgan fingerprint density at radius 1 is 1.10 bits per heavy atom. The highest BCUT2D eigenvalue weighted by atomic mass is 35.5. The fourth-order valence-electron chi connectivity index (χ4n) is 3.51. The molecule has 0 radical (unpaired) electrons. The molecule has 1 aliphatic rings. The molecule has 1 saturated carbocycles. The van der Waals surface area contributed by atoms with Crippen LogP contribution in [-0.4, -0.2) is 18.6 Å². The Morgan fingerprint density at radius 2 is 1.83 bits per heavy atom. The van der Waals surface area contributed by atoms with Crippen LogP contribution in [0.5, 0.6) is 11.5 Å². The number of amides is 1. The summed E-state index contributed by atoms with van der Waals surface area (Å²) in [7, 11) is 0. The first-order valence-electron chi connectivity index (χ1n) is 10.2. The predicted molar refractivity (Wildman–Crippen MR) is 118 cm³/mol. The summed E-state index contributed by atoms with van der Waals surface area (Å²) in [5, 5.41) is 3.72. The summed E-state index contributed by atoms with van der Waals surface area (Å²) in [6.45, 7) is 2.41. The second-order valence-electron chi connectivity index (χ2n) is 7.49. The molecule has 29 heavy (non-hydrogen) atoms. The molecule has 1 N–H and O–H groups in total. The van der Waals surface area contributed by atoms with Crippen molar-refractivity contribution in [2.45, 2.75) is 51.6 Å². The summed E-state index contributed by atoms with van der Waals surface area (Å²) in [5.74, 6) is 1.77. The quantitative estimate of drug-likeness (QED) is 0.498. The third-order valence-electron chi connectivity index (χ3n) is 5.21. The van der Waals surface area contributed by atoms with E-state index in [0.29, 0.717) is 21.5 Å². The van der Waals surface area contributed by atoms with Gasteiger partial charge in [0.05, 0.1) is 11.6 Å². The molecule has 1 fully saturated rings.